The van der Waals surface area contributed by atoms with Gasteiger partial charge in [0.25, 0.3) is 0 Å². The van der Waals surface area contributed by atoms with Gasteiger partial charge in [0, 0.05) is 24.5 Å². The van der Waals surface area contributed by atoms with E-state index in [1.807, 2.05) is 12.1 Å². The minimum absolute atomic E-state index is 0.536. The Morgan fingerprint density at radius 3 is 2.65 bits per heavy atom. The molecule has 1 heterocycles. The fourth-order valence-electron chi connectivity index (χ4n) is 2.24. The number of piperidine rings is 1. The van der Waals surface area contributed by atoms with E-state index in [4.69, 9.17) is 28.5 Å². The third kappa shape index (κ3) is 3.06. The molecule has 0 aliphatic carbocycles. The second-order valence-corrected chi connectivity index (χ2v) is 5.23. The predicted molar refractivity (Wildman–Crippen MR) is 71.6 cm³/mol. The molecule has 0 unspecified atom stereocenters. The topological polar surface area (TPSA) is 27.0 Å². The van der Waals surface area contributed by atoms with Gasteiger partial charge in [-0.1, -0.05) is 23.2 Å². The molecule has 1 aromatic carbocycles. The van der Waals surface area contributed by atoms with Crippen molar-refractivity contribution >= 4 is 28.9 Å². The van der Waals surface area contributed by atoms with Crippen LogP contribution in [0.5, 0.6) is 0 Å². The molecule has 1 aliphatic heterocycles. The summed E-state index contributed by atoms with van der Waals surface area (Å²) in [5, 5.41) is 10.1. The highest BCUT2D eigenvalue weighted by Crippen LogP contribution is 2.32. The van der Waals surface area contributed by atoms with Crippen LogP contribution in [0.25, 0.3) is 0 Å². The molecule has 90 valence electrons. The number of halogens is 2. The van der Waals surface area contributed by atoms with Gasteiger partial charge in [-0.25, -0.2) is 0 Å². The second-order valence-electron chi connectivity index (χ2n) is 4.39. The van der Waals surface area contributed by atoms with Gasteiger partial charge in [-0.15, -0.1) is 0 Å². The van der Waals surface area contributed by atoms with Gasteiger partial charge in [0.1, 0.15) is 0 Å². The third-order valence-corrected chi connectivity index (χ3v) is 3.80. The van der Waals surface area contributed by atoms with Crippen molar-refractivity contribution in [3.63, 3.8) is 0 Å². The van der Waals surface area contributed by atoms with Crippen molar-refractivity contribution in [1.82, 2.24) is 0 Å². The molecule has 0 N–H and O–H groups in total. The van der Waals surface area contributed by atoms with Gasteiger partial charge in [-0.3, -0.25) is 0 Å². The first-order chi connectivity index (χ1) is 8.20. The van der Waals surface area contributed by atoms with Crippen LogP contribution in [0.15, 0.2) is 18.2 Å². The predicted octanol–water partition coefficient (Wildman–Crippen LogP) is 4.12. The van der Waals surface area contributed by atoms with E-state index in [0.29, 0.717) is 17.4 Å². The number of anilines is 1. The first kappa shape index (κ1) is 12.5. The molecule has 0 radical (unpaired) electrons. The van der Waals surface area contributed by atoms with E-state index in [0.717, 1.165) is 36.6 Å². The summed E-state index contributed by atoms with van der Waals surface area (Å²) in [6.45, 7) is 1.90. The number of hydrogen-bond acceptors (Lipinski definition) is 2. The van der Waals surface area contributed by atoms with E-state index in [1.165, 1.54) is 0 Å². The highest BCUT2D eigenvalue weighted by Gasteiger charge is 2.20. The summed E-state index contributed by atoms with van der Waals surface area (Å²) >= 11 is 12.2. The molecular weight excluding hydrogens is 255 g/mol. The molecule has 1 aromatic rings. The summed E-state index contributed by atoms with van der Waals surface area (Å²) in [5.74, 6) is 0.536. The maximum atomic E-state index is 8.68. The van der Waals surface area contributed by atoms with E-state index in [-0.39, 0.29) is 0 Å². The monoisotopic (exact) mass is 268 g/mol. The van der Waals surface area contributed by atoms with Crippen molar-refractivity contribution in [2.75, 3.05) is 18.0 Å². The van der Waals surface area contributed by atoms with Gasteiger partial charge >= 0.3 is 0 Å². The molecule has 1 saturated heterocycles. The van der Waals surface area contributed by atoms with Crippen molar-refractivity contribution in [3.8, 4) is 6.07 Å². The fourth-order valence-corrected chi connectivity index (χ4v) is 2.64. The van der Waals surface area contributed by atoms with Crippen LogP contribution in [0.3, 0.4) is 0 Å². The van der Waals surface area contributed by atoms with E-state index in [2.05, 4.69) is 11.0 Å². The molecule has 0 bridgehead atoms. The molecule has 0 amide bonds. The van der Waals surface area contributed by atoms with E-state index in [1.54, 1.807) is 6.07 Å². The summed E-state index contributed by atoms with van der Waals surface area (Å²) in [7, 11) is 0. The highest BCUT2D eigenvalue weighted by atomic mass is 35.5. The van der Waals surface area contributed by atoms with Crippen molar-refractivity contribution < 1.29 is 0 Å². The Labute approximate surface area is 112 Å². The molecule has 1 fully saturated rings. The molecule has 1 aliphatic rings. The van der Waals surface area contributed by atoms with Gasteiger partial charge in [0.05, 0.1) is 16.8 Å². The van der Waals surface area contributed by atoms with E-state index >= 15 is 0 Å². The standard InChI is InChI=1S/C13H14Cl2N2/c14-11-1-2-12(15)13(9-11)17-7-4-10(3-6-16)5-8-17/h1-2,9-10H,3-5,7-8H2. The van der Waals surface area contributed by atoms with Crippen LogP contribution < -0.4 is 4.90 Å². The summed E-state index contributed by atoms with van der Waals surface area (Å²) < 4.78 is 0. The Morgan fingerprint density at radius 1 is 1.29 bits per heavy atom. The van der Waals surface area contributed by atoms with Crippen molar-refractivity contribution in [1.29, 1.82) is 5.26 Å². The Balaban J connectivity index is 2.05. The number of rotatable bonds is 2. The summed E-state index contributed by atoms with van der Waals surface area (Å²) in [5.41, 5.74) is 1.01. The zero-order valence-corrected chi connectivity index (χ0v) is 11.0. The molecule has 0 aromatic heterocycles. The van der Waals surface area contributed by atoms with Gasteiger partial charge in [-0.2, -0.15) is 5.26 Å². The number of benzene rings is 1. The Bertz CT molecular complexity index is 432. The smallest absolute Gasteiger partial charge is 0.0640 e. The average Bonchev–Trinajstić information content (AvgIpc) is 2.34. The lowest BCUT2D eigenvalue weighted by Crippen LogP contribution is -2.33. The van der Waals surface area contributed by atoms with E-state index < -0.39 is 0 Å². The van der Waals surface area contributed by atoms with Crippen LogP contribution in [0.1, 0.15) is 19.3 Å². The summed E-state index contributed by atoms with van der Waals surface area (Å²) in [6.07, 6.45) is 2.77. The normalized spacial score (nSPS) is 16.9. The van der Waals surface area contributed by atoms with Gasteiger partial charge < -0.3 is 4.90 Å². The van der Waals surface area contributed by atoms with Crippen molar-refractivity contribution in [3.05, 3.63) is 28.2 Å². The molecule has 0 atom stereocenters. The van der Waals surface area contributed by atoms with Crippen LogP contribution in [0.4, 0.5) is 5.69 Å². The lowest BCUT2D eigenvalue weighted by atomic mass is 9.94. The van der Waals surface area contributed by atoms with Crippen LogP contribution in [0, 0.1) is 17.2 Å². The molecule has 0 saturated carbocycles. The molecule has 0 spiro atoms. The lowest BCUT2D eigenvalue weighted by Gasteiger charge is -2.33. The second kappa shape index (κ2) is 5.62. The average molecular weight is 269 g/mol. The van der Waals surface area contributed by atoms with Crippen LogP contribution in [-0.2, 0) is 0 Å². The van der Waals surface area contributed by atoms with Crippen LogP contribution in [-0.4, -0.2) is 13.1 Å². The largest absolute Gasteiger partial charge is 0.370 e. The van der Waals surface area contributed by atoms with Gasteiger partial charge in [0.15, 0.2) is 0 Å². The van der Waals surface area contributed by atoms with Crippen LogP contribution in [0.2, 0.25) is 10.0 Å². The first-order valence-electron chi connectivity index (χ1n) is 5.77. The maximum Gasteiger partial charge on any atom is 0.0640 e. The zero-order valence-electron chi connectivity index (χ0n) is 9.50. The number of hydrogen-bond donors (Lipinski definition) is 0. The minimum atomic E-state index is 0.536. The molecular formula is C13H14Cl2N2. The Hall–Kier alpha value is -0.910. The number of nitrogens with zero attached hydrogens (tertiary/aromatic N) is 2. The molecule has 4 heteroatoms. The fraction of sp³-hybridized carbons (Fsp3) is 0.462. The maximum absolute atomic E-state index is 8.68. The van der Waals surface area contributed by atoms with Gasteiger partial charge in [-0.05, 0) is 37.0 Å². The van der Waals surface area contributed by atoms with Crippen molar-refractivity contribution in [2.45, 2.75) is 19.3 Å². The Kier molecular flexibility index (Phi) is 4.15. The quantitative estimate of drug-likeness (QED) is 0.807. The van der Waals surface area contributed by atoms with Gasteiger partial charge in [0.2, 0.25) is 0 Å². The Morgan fingerprint density at radius 2 is 2.00 bits per heavy atom. The molecule has 17 heavy (non-hydrogen) atoms. The summed E-state index contributed by atoms with van der Waals surface area (Å²) in [4.78, 5) is 2.25. The highest BCUT2D eigenvalue weighted by molar-refractivity contribution is 6.35. The van der Waals surface area contributed by atoms with Crippen LogP contribution >= 0.6 is 23.2 Å². The van der Waals surface area contributed by atoms with E-state index in [9.17, 15) is 0 Å². The lowest BCUT2D eigenvalue weighted by molar-refractivity contribution is 0.413. The molecule has 2 nitrogen and oxygen atoms in total. The first-order valence-corrected chi connectivity index (χ1v) is 6.53. The minimum Gasteiger partial charge on any atom is -0.370 e. The molecule has 2 rings (SSSR count). The zero-order chi connectivity index (χ0) is 12.3. The third-order valence-electron chi connectivity index (χ3n) is 3.24. The van der Waals surface area contributed by atoms with Crippen molar-refractivity contribution in [2.24, 2.45) is 5.92 Å². The summed E-state index contributed by atoms with van der Waals surface area (Å²) in [6, 6.07) is 7.79. The SMILES string of the molecule is N#CCC1CCN(c2cc(Cl)ccc2Cl)CC1. The number of nitriles is 1.